The minimum atomic E-state index is -2.47. The number of hydrogen-bond acceptors (Lipinski definition) is 3. The third-order valence-corrected chi connectivity index (χ3v) is 4.79. The summed E-state index contributed by atoms with van der Waals surface area (Å²) in [4.78, 5) is 13.5. The molecule has 2 N–H and O–H groups in total. The fourth-order valence-electron chi connectivity index (χ4n) is 2.05. The Morgan fingerprint density at radius 2 is 2.06 bits per heavy atom. The zero-order valence-corrected chi connectivity index (χ0v) is 12.2. The zero-order valence-electron chi connectivity index (χ0n) is 10.6. The molecular weight excluding hydrogens is 262 g/mol. The van der Waals surface area contributed by atoms with E-state index in [-0.39, 0.29) is 23.2 Å². The quantitative estimate of drug-likeness (QED) is 0.783. The summed E-state index contributed by atoms with van der Waals surface area (Å²) in [6.45, 7) is 6.75. The summed E-state index contributed by atoms with van der Waals surface area (Å²) >= 11 is 5.62. The second-order valence-electron chi connectivity index (χ2n) is 5.83. The molecule has 0 saturated carbocycles. The highest BCUT2D eigenvalue weighted by atomic mass is 35.5. The summed E-state index contributed by atoms with van der Waals surface area (Å²) in [5.74, 6) is 0.523. The van der Waals surface area contributed by atoms with Crippen molar-refractivity contribution in [2.24, 2.45) is 5.41 Å². The Kier molecular flexibility index (Phi) is 4.74. The highest BCUT2D eigenvalue weighted by molar-refractivity contribution is 8.24. The lowest BCUT2D eigenvalue weighted by Gasteiger charge is -2.35. The van der Waals surface area contributed by atoms with E-state index in [1.165, 1.54) is 0 Å². The van der Waals surface area contributed by atoms with Gasteiger partial charge in [0, 0.05) is 12.3 Å². The molecule has 1 heterocycles. The van der Waals surface area contributed by atoms with Crippen LogP contribution in [0, 0.1) is 5.41 Å². The summed E-state index contributed by atoms with van der Waals surface area (Å²) in [6.07, 6.45) is 0.654. The molecule has 0 aliphatic carbocycles. The van der Waals surface area contributed by atoms with Gasteiger partial charge in [-0.1, -0.05) is 20.8 Å². The van der Waals surface area contributed by atoms with E-state index < -0.39 is 10.6 Å². The topological polar surface area (TPSA) is 60.8 Å². The Hall–Kier alpha value is 0.0300. The first-order valence-corrected chi connectivity index (χ1v) is 8.16. The highest BCUT2D eigenvalue weighted by Crippen LogP contribution is 2.47. The van der Waals surface area contributed by atoms with E-state index in [4.69, 9.17) is 11.6 Å². The number of halogens is 1. The van der Waals surface area contributed by atoms with Crippen molar-refractivity contribution in [3.63, 3.8) is 0 Å². The van der Waals surface area contributed by atoms with Crippen molar-refractivity contribution in [3.05, 3.63) is 0 Å². The third kappa shape index (κ3) is 4.66. The average Bonchev–Trinajstić information content (AvgIpc) is 2.52. The van der Waals surface area contributed by atoms with Gasteiger partial charge in [0.15, 0.2) is 0 Å². The van der Waals surface area contributed by atoms with E-state index >= 15 is 0 Å². The predicted octanol–water partition coefficient (Wildman–Crippen LogP) is 2.62. The van der Waals surface area contributed by atoms with E-state index in [0.717, 1.165) is 0 Å². The molecule has 1 fully saturated rings. The predicted molar refractivity (Wildman–Crippen MR) is 72.9 cm³/mol. The number of alkyl halides is 1. The van der Waals surface area contributed by atoms with Gasteiger partial charge < -0.3 is 4.90 Å². The maximum atomic E-state index is 11.8. The van der Waals surface area contributed by atoms with Gasteiger partial charge in [0.2, 0.25) is 5.91 Å². The second kappa shape index (κ2) is 5.34. The van der Waals surface area contributed by atoms with Crippen LogP contribution in [0.5, 0.6) is 0 Å². The first kappa shape index (κ1) is 15.1. The summed E-state index contributed by atoms with van der Waals surface area (Å²) in [7, 11) is -2.47. The van der Waals surface area contributed by atoms with Gasteiger partial charge in [0.05, 0.1) is 11.8 Å². The smallest absolute Gasteiger partial charge is 0.237 e. The molecule has 0 aromatic carbocycles. The summed E-state index contributed by atoms with van der Waals surface area (Å²) in [6, 6.07) is -0.0783. The minimum absolute atomic E-state index is 0.0206. The van der Waals surface area contributed by atoms with Gasteiger partial charge in [0.1, 0.15) is 5.88 Å². The molecular formula is C11H22ClNO3S. The molecule has 4 nitrogen and oxygen atoms in total. The minimum Gasteiger partial charge on any atom is -0.337 e. The van der Waals surface area contributed by atoms with Crippen LogP contribution >= 0.6 is 22.2 Å². The van der Waals surface area contributed by atoms with Gasteiger partial charge >= 0.3 is 0 Å². The van der Waals surface area contributed by atoms with Crippen molar-refractivity contribution in [2.45, 2.75) is 33.2 Å². The van der Waals surface area contributed by atoms with E-state index in [1.807, 2.05) is 0 Å². The zero-order chi connectivity index (χ0) is 13.3. The van der Waals surface area contributed by atoms with Gasteiger partial charge in [-0.3, -0.25) is 13.9 Å². The van der Waals surface area contributed by atoms with Crippen LogP contribution in [0.2, 0.25) is 0 Å². The van der Waals surface area contributed by atoms with Crippen LogP contribution in [0.1, 0.15) is 27.2 Å². The van der Waals surface area contributed by atoms with E-state index in [9.17, 15) is 13.9 Å². The van der Waals surface area contributed by atoms with Gasteiger partial charge in [0.25, 0.3) is 0 Å². The Morgan fingerprint density at radius 3 is 2.41 bits per heavy atom. The number of carbonyl (C=O) groups excluding carboxylic acids is 1. The number of hydrogen-bond donors (Lipinski definition) is 2. The Bertz CT molecular complexity index is 291. The van der Waals surface area contributed by atoms with Crippen LogP contribution in [-0.2, 0) is 4.79 Å². The van der Waals surface area contributed by atoms with Crippen molar-refractivity contribution in [2.75, 3.05) is 23.9 Å². The van der Waals surface area contributed by atoms with Crippen LogP contribution in [0.25, 0.3) is 0 Å². The molecule has 6 heteroatoms. The average molecular weight is 284 g/mol. The van der Waals surface area contributed by atoms with Gasteiger partial charge in [-0.2, -0.15) is 10.6 Å². The summed E-state index contributed by atoms with van der Waals surface area (Å²) < 4.78 is 19.3. The van der Waals surface area contributed by atoms with Crippen LogP contribution in [0.3, 0.4) is 0 Å². The molecule has 17 heavy (non-hydrogen) atoms. The molecule has 102 valence electrons. The lowest BCUT2D eigenvalue weighted by Crippen LogP contribution is -2.45. The highest BCUT2D eigenvalue weighted by Gasteiger charge is 2.35. The summed E-state index contributed by atoms with van der Waals surface area (Å²) in [5, 5.41) is 0. The molecule has 1 saturated heterocycles. The Morgan fingerprint density at radius 1 is 1.47 bits per heavy atom. The maximum absolute atomic E-state index is 11.8. The largest absolute Gasteiger partial charge is 0.337 e. The first-order valence-electron chi connectivity index (χ1n) is 5.74. The van der Waals surface area contributed by atoms with Crippen LogP contribution in [-0.4, -0.2) is 49.9 Å². The van der Waals surface area contributed by atoms with Crippen LogP contribution in [0.15, 0.2) is 0 Å². The second-order valence-corrected chi connectivity index (χ2v) is 8.44. The third-order valence-electron chi connectivity index (χ3n) is 2.76. The Balaban J connectivity index is 2.74. The van der Waals surface area contributed by atoms with Crippen molar-refractivity contribution >= 4 is 28.1 Å². The van der Waals surface area contributed by atoms with Crippen molar-refractivity contribution in [1.82, 2.24) is 4.90 Å². The maximum Gasteiger partial charge on any atom is 0.237 e. The molecule has 1 rings (SSSR count). The Labute approximate surface area is 110 Å². The van der Waals surface area contributed by atoms with E-state index in [2.05, 4.69) is 20.8 Å². The molecule has 1 unspecified atom stereocenters. The molecule has 1 amide bonds. The molecule has 1 aliphatic rings. The summed E-state index contributed by atoms with van der Waals surface area (Å²) in [5.41, 5.74) is -0.0206. The number of carbonyl (C=O) groups is 1. The van der Waals surface area contributed by atoms with E-state index in [0.29, 0.717) is 24.5 Å². The molecule has 0 bridgehead atoms. The number of nitrogens with zero attached hydrogens (tertiary/aromatic N) is 1. The standard InChI is InChI=1S/C11H22ClNO3S/c1-11(2,3)8-13(10(14)6-12)9-4-5-17(15,16)7-9/h9,15-16H,4-8H2,1-3H3. The van der Waals surface area contributed by atoms with Gasteiger partial charge in [-0.15, -0.1) is 11.6 Å². The number of rotatable bonds is 3. The fraction of sp³-hybridized carbons (Fsp3) is 0.909. The lowest BCUT2D eigenvalue weighted by molar-refractivity contribution is -0.131. The molecule has 1 atom stereocenters. The molecule has 0 aromatic heterocycles. The van der Waals surface area contributed by atoms with Gasteiger partial charge in [-0.05, 0) is 11.8 Å². The van der Waals surface area contributed by atoms with Crippen molar-refractivity contribution in [1.29, 1.82) is 0 Å². The number of amides is 1. The SMILES string of the molecule is CC(C)(C)CN(C(=O)CCl)C1CCS(O)(O)C1. The van der Waals surface area contributed by atoms with E-state index in [1.54, 1.807) is 4.90 Å². The molecule has 0 spiro atoms. The van der Waals surface area contributed by atoms with Gasteiger partial charge in [-0.25, -0.2) is 0 Å². The van der Waals surface area contributed by atoms with Crippen LogP contribution in [0.4, 0.5) is 0 Å². The first-order chi connectivity index (χ1) is 7.64. The van der Waals surface area contributed by atoms with Crippen molar-refractivity contribution in [3.8, 4) is 0 Å². The lowest BCUT2D eigenvalue weighted by atomic mass is 9.95. The fourth-order valence-corrected chi connectivity index (χ4v) is 3.99. The van der Waals surface area contributed by atoms with Crippen molar-refractivity contribution < 1.29 is 13.9 Å². The van der Waals surface area contributed by atoms with Crippen LogP contribution < -0.4 is 0 Å². The molecule has 0 radical (unpaired) electrons. The molecule has 0 aromatic rings. The monoisotopic (exact) mass is 283 g/mol. The molecule has 1 aliphatic heterocycles. The normalized spacial score (nSPS) is 25.6.